The Morgan fingerprint density at radius 3 is 2.56 bits per heavy atom. The van der Waals surface area contributed by atoms with E-state index in [2.05, 4.69) is 10.3 Å². The molecule has 0 aliphatic carbocycles. The molecule has 6 heteroatoms. The SMILES string of the molecule is CCNC(=O)[C@H](C)OC(=O)c1ccccc1-c1ncc(-c2ccccc2)o1. The van der Waals surface area contributed by atoms with E-state index in [1.54, 1.807) is 37.4 Å². The van der Waals surface area contributed by atoms with Gasteiger partial charge >= 0.3 is 5.97 Å². The number of aromatic nitrogens is 1. The van der Waals surface area contributed by atoms with Gasteiger partial charge in [0.05, 0.1) is 17.3 Å². The molecule has 6 nitrogen and oxygen atoms in total. The molecule has 3 aromatic rings. The van der Waals surface area contributed by atoms with Gasteiger partial charge in [0.25, 0.3) is 5.91 Å². The Morgan fingerprint density at radius 1 is 1.11 bits per heavy atom. The highest BCUT2D eigenvalue weighted by atomic mass is 16.5. The molecule has 0 aliphatic heterocycles. The number of ether oxygens (including phenoxy) is 1. The van der Waals surface area contributed by atoms with Crippen LogP contribution in [0.5, 0.6) is 0 Å². The van der Waals surface area contributed by atoms with Crippen molar-refractivity contribution in [3.8, 4) is 22.8 Å². The summed E-state index contributed by atoms with van der Waals surface area (Å²) in [6.07, 6.45) is 0.722. The van der Waals surface area contributed by atoms with Crippen LogP contribution in [0.3, 0.4) is 0 Å². The molecule has 1 atom stereocenters. The zero-order valence-corrected chi connectivity index (χ0v) is 15.1. The number of carbonyl (C=O) groups is 2. The lowest BCUT2D eigenvalue weighted by molar-refractivity contribution is -0.128. The summed E-state index contributed by atoms with van der Waals surface area (Å²) in [5.74, 6) is -0.0360. The van der Waals surface area contributed by atoms with Crippen molar-refractivity contribution in [2.45, 2.75) is 20.0 Å². The molecular formula is C21H20N2O4. The van der Waals surface area contributed by atoms with E-state index < -0.39 is 12.1 Å². The van der Waals surface area contributed by atoms with Crippen LogP contribution < -0.4 is 5.32 Å². The summed E-state index contributed by atoms with van der Waals surface area (Å²) in [6.45, 7) is 3.80. The van der Waals surface area contributed by atoms with Gasteiger partial charge in [-0.25, -0.2) is 9.78 Å². The molecule has 0 radical (unpaired) electrons. The molecule has 1 aromatic heterocycles. The number of oxazole rings is 1. The summed E-state index contributed by atoms with van der Waals surface area (Å²) in [7, 11) is 0. The number of hydrogen-bond donors (Lipinski definition) is 1. The second kappa shape index (κ2) is 8.31. The van der Waals surface area contributed by atoms with Crippen molar-refractivity contribution < 1.29 is 18.7 Å². The van der Waals surface area contributed by atoms with Crippen molar-refractivity contribution >= 4 is 11.9 Å². The Kier molecular flexibility index (Phi) is 5.66. The molecule has 0 aliphatic rings. The lowest BCUT2D eigenvalue weighted by Gasteiger charge is -2.13. The van der Waals surface area contributed by atoms with E-state index in [4.69, 9.17) is 9.15 Å². The van der Waals surface area contributed by atoms with Crippen LogP contribution in [0, 0.1) is 0 Å². The molecule has 1 heterocycles. The highest BCUT2D eigenvalue weighted by Gasteiger charge is 2.22. The van der Waals surface area contributed by atoms with Gasteiger partial charge in [-0.05, 0) is 26.0 Å². The Labute approximate surface area is 157 Å². The Hall–Kier alpha value is -3.41. The van der Waals surface area contributed by atoms with Gasteiger partial charge in [0.1, 0.15) is 0 Å². The minimum absolute atomic E-state index is 0.287. The number of hydrogen-bond acceptors (Lipinski definition) is 5. The predicted molar refractivity (Wildman–Crippen MR) is 101 cm³/mol. The molecule has 27 heavy (non-hydrogen) atoms. The van der Waals surface area contributed by atoms with E-state index in [1.807, 2.05) is 30.3 Å². The fourth-order valence-electron chi connectivity index (χ4n) is 2.58. The maximum atomic E-state index is 12.6. The van der Waals surface area contributed by atoms with Crippen LogP contribution in [0.1, 0.15) is 24.2 Å². The largest absolute Gasteiger partial charge is 0.449 e. The van der Waals surface area contributed by atoms with E-state index in [0.717, 1.165) is 5.56 Å². The van der Waals surface area contributed by atoms with Crippen LogP contribution in [0.15, 0.2) is 65.2 Å². The number of carbonyl (C=O) groups excluding carboxylic acids is 2. The molecule has 0 unspecified atom stereocenters. The first-order chi connectivity index (χ1) is 13.1. The van der Waals surface area contributed by atoms with Gasteiger partial charge in [-0.1, -0.05) is 42.5 Å². The summed E-state index contributed by atoms with van der Waals surface area (Å²) in [5, 5.41) is 2.62. The summed E-state index contributed by atoms with van der Waals surface area (Å²) in [5.41, 5.74) is 1.68. The normalized spacial score (nSPS) is 11.6. The maximum absolute atomic E-state index is 12.6. The van der Waals surface area contributed by atoms with Crippen molar-refractivity contribution in [3.63, 3.8) is 0 Å². The van der Waals surface area contributed by atoms with Gasteiger partial charge in [0.15, 0.2) is 11.9 Å². The molecule has 3 rings (SSSR count). The molecule has 138 valence electrons. The number of nitrogens with zero attached hydrogens (tertiary/aromatic N) is 1. The number of esters is 1. The number of amides is 1. The summed E-state index contributed by atoms with van der Waals surface area (Å²) >= 11 is 0. The molecule has 2 aromatic carbocycles. The molecule has 0 saturated heterocycles. The fraction of sp³-hybridized carbons (Fsp3) is 0.190. The first-order valence-corrected chi connectivity index (χ1v) is 8.69. The van der Waals surface area contributed by atoms with Gasteiger partial charge < -0.3 is 14.5 Å². The van der Waals surface area contributed by atoms with Crippen LogP contribution in [0.25, 0.3) is 22.8 Å². The third-order valence-electron chi connectivity index (χ3n) is 3.95. The predicted octanol–water partition coefficient (Wildman–Crippen LogP) is 3.69. The van der Waals surface area contributed by atoms with Gasteiger partial charge in [-0.15, -0.1) is 0 Å². The minimum Gasteiger partial charge on any atom is -0.449 e. The third-order valence-corrected chi connectivity index (χ3v) is 3.95. The van der Waals surface area contributed by atoms with Gasteiger partial charge in [0.2, 0.25) is 5.89 Å². The van der Waals surface area contributed by atoms with Crippen molar-refractivity contribution in [2.75, 3.05) is 6.54 Å². The monoisotopic (exact) mass is 364 g/mol. The summed E-state index contributed by atoms with van der Waals surface area (Å²) in [6, 6.07) is 16.4. The Morgan fingerprint density at radius 2 is 1.81 bits per heavy atom. The molecule has 0 spiro atoms. The van der Waals surface area contributed by atoms with E-state index in [1.165, 1.54) is 6.92 Å². The lowest BCUT2D eigenvalue weighted by Crippen LogP contribution is -2.35. The van der Waals surface area contributed by atoms with Crippen molar-refractivity contribution in [1.29, 1.82) is 0 Å². The zero-order chi connectivity index (χ0) is 19.2. The minimum atomic E-state index is -0.894. The summed E-state index contributed by atoms with van der Waals surface area (Å²) < 4.78 is 11.1. The van der Waals surface area contributed by atoms with E-state index in [-0.39, 0.29) is 11.5 Å². The molecule has 1 N–H and O–H groups in total. The van der Waals surface area contributed by atoms with E-state index in [0.29, 0.717) is 23.8 Å². The molecule has 0 bridgehead atoms. The number of rotatable bonds is 6. The number of nitrogens with one attached hydrogen (secondary N) is 1. The Bertz CT molecular complexity index is 934. The van der Waals surface area contributed by atoms with E-state index >= 15 is 0 Å². The number of likely N-dealkylation sites (N-methyl/N-ethyl adjacent to an activating group) is 1. The summed E-state index contributed by atoms with van der Waals surface area (Å²) in [4.78, 5) is 28.7. The second-order valence-electron chi connectivity index (χ2n) is 5.88. The van der Waals surface area contributed by atoms with Crippen molar-refractivity contribution in [2.24, 2.45) is 0 Å². The third kappa shape index (κ3) is 4.23. The molecule has 0 saturated carbocycles. The van der Waals surface area contributed by atoms with Crippen LogP contribution >= 0.6 is 0 Å². The van der Waals surface area contributed by atoms with Gasteiger partial charge in [0, 0.05) is 12.1 Å². The zero-order valence-electron chi connectivity index (χ0n) is 15.1. The van der Waals surface area contributed by atoms with E-state index in [9.17, 15) is 9.59 Å². The lowest BCUT2D eigenvalue weighted by atomic mass is 10.1. The highest BCUT2D eigenvalue weighted by molar-refractivity contribution is 5.97. The van der Waals surface area contributed by atoms with Crippen LogP contribution in [0.2, 0.25) is 0 Å². The molecule has 0 fully saturated rings. The average Bonchev–Trinajstić information content (AvgIpc) is 3.19. The average molecular weight is 364 g/mol. The standard InChI is InChI=1S/C21H20N2O4/c1-3-22-19(24)14(2)26-21(25)17-12-8-7-11-16(17)20-23-13-18(27-20)15-9-5-4-6-10-15/h4-14H,3H2,1-2H3,(H,22,24)/t14-/m0/s1. The van der Waals surface area contributed by atoms with Gasteiger partial charge in [-0.2, -0.15) is 0 Å². The van der Waals surface area contributed by atoms with Crippen LogP contribution in [-0.2, 0) is 9.53 Å². The van der Waals surface area contributed by atoms with Crippen LogP contribution in [-0.4, -0.2) is 29.5 Å². The smallest absolute Gasteiger partial charge is 0.339 e. The number of benzene rings is 2. The Balaban J connectivity index is 1.85. The van der Waals surface area contributed by atoms with Crippen molar-refractivity contribution in [3.05, 3.63) is 66.4 Å². The van der Waals surface area contributed by atoms with Crippen LogP contribution in [0.4, 0.5) is 0 Å². The van der Waals surface area contributed by atoms with Gasteiger partial charge in [-0.3, -0.25) is 4.79 Å². The molecular weight excluding hydrogens is 344 g/mol. The first-order valence-electron chi connectivity index (χ1n) is 8.69. The maximum Gasteiger partial charge on any atom is 0.339 e. The van der Waals surface area contributed by atoms with Crippen molar-refractivity contribution in [1.82, 2.24) is 10.3 Å². The second-order valence-corrected chi connectivity index (χ2v) is 5.88. The fourth-order valence-corrected chi connectivity index (χ4v) is 2.58. The highest BCUT2D eigenvalue weighted by Crippen LogP contribution is 2.28. The molecule has 1 amide bonds. The quantitative estimate of drug-likeness (QED) is 0.675. The first kappa shape index (κ1) is 18.4. The topological polar surface area (TPSA) is 81.4 Å².